The second-order valence-electron chi connectivity index (χ2n) is 3.79. The van der Waals surface area contributed by atoms with E-state index >= 15 is 0 Å². The molecule has 0 aromatic carbocycles. The average Bonchev–Trinajstić information content (AvgIpc) is 2.20. The van der Waals surface area contributed by atoms with Crippen molar-refractivity contribution in [2.45, 2.75) is 33.1 Å². The predicted octanol–water partition coefficient (Wildman–Crippen LogP) is 2.56. The highest BCUT2D eigenvalue weighted by molar-refractivity contribution is 5.52. The van der Waals surface area contributed by atoms with Crippen molar-refractivity contribution >= 4 is 6.21 Å². The Balaban J connectivity index is 0.000000262. The number of nitrogens with zero attached hydrogens (tertiary/aromatic N) is 3. The molecule has 15 heavy (non-hydrogen) atoms. The summed E-state index contributed by atoms with van der Waals surface area (Å²) in [5, 5.41) is 5.69. The van der Waals surface area contributed by atoms with Crippen LogP contribution >= 0.6 is 0 Å². The standard InChI is InChI=1S/C6H12N2.C6H13N/c1-4-6-8(3)7-5-2;1-7-5-3-2-4-6-7/h4-6H,1-3H3;2-6H2,1H3/b6-4-,7-5-;. The van der Waals surface area contributed by atoms with Gasteiger partial charge in [0.1, 0.15) is 0 Å². The third-order valence-corrected chi connectivity index (χ3v) is 2.24. The van der Waals surface area contributed by atoms with Crippen LogP contribution < -0.4 is 0 Å². The normalized spacial score (nSPS) is 17.9. The van der Waals surface area contributed by atoms with E-state index in [2.05, 4.69) is 17.0 Å². The average molecular weight is 211 g/mol. The van der Waals surface area contributed by atoms with Crippen molar-refractivity contribution in [1.82, 2.24) is 9.91 Å². The van der Waals surface area contributed by atoms with Gasteiger partial charge in [-0.15, -0.1) is 0 Å². The van der Waals surface area contributed by atoms with Crippen LogP contribution in [0, 0.1) is 0 Å². The van der Waals surface area contributed by atoms with Gasteiger partial charge in [0.25, 0.3) is 0 Å². The molecule has 0 unspecified atom stereocenters. The lowest BCUT2D eigenvalue weighted by molar-refractivity contribution is 0.277. The Morgan fingerprint density at radius 1 is 1.13 bits per heavy atom. The first-order valence-corrected chi connectivity index (χ1v) is 5.73. The molecule has 0 bridgehead atoms. The summed E-state index contributed by atoms with van der Waals surface area (Å²) in [6, 6.07) is 0. The second kappa shape index (κ2) is 9.71. The van der Waals surface area contributed by atoms with Gasteiger partial charge in [0.05, 0.1) is 0 Å². The van der Waals surface area contributed by atoms with Gasteiger partial charge in [0.2, 0.25) is 0 Å². The molecule has 0 aromatic rings. The topological polar surface area (TPSA) is 18.8 Å². The maximum absolute atomic E-state index is 3.94. The molecular formula is C12H25N3. The number of hydrogen-bond donors (Lipinski definition) is 0. The van der Waals surface area contributed by atoms with E-state index in [4.69, 9.17) is 0 Å². The summed E-state index contributed by atoms with van der Waals surface area (Å²) in [6.45, 7) is 6.49. The van der Waals surface area contributed by atoms with Crippen LogP contribution in [-0.2, 0) is 0 Å². The molecule has 0 spiro atoms. The Kier molecular flexibility index (Phi) is 9.18. The van der Waals surface area contributed by atoms with Gasteiger partial charge in [-0.25, -0.2) is 0 Å². The fourth-order valence-corrected chi connectivity index (χ4v) is 1.49. The molecule has 0 aliphatic carbocycles. The highest BCUT2D eigenvalue weighted by atomic mass is 15.4. The minimum atomic E-state index is 1.32. The van der Waals surface area contributed by atoms with E-state index in [1.54, 1.807) is 11.2 Å². The van der Waals surface area contributed by atoms with Gasteiger partial charge < -0.3 is 4.90 Å². The van der Waals surface area contributed by atoms with Crippen LogP contribution in [0.5, 0.6) is 0 Å². The molecule has 1 fully saturated rings. The van der Waals surface area contributed by atoms with E-state index < -0.39 is 0 Å². The van der Waals surface area contributed by atoms with Crippen LogP contribution in [0.15, 0.2) is 17.4 Å². The molecule has 1 aliphatic heterocycles. The van der Waals surface area contributed by atoms with Crippen LogP contribution in [0.3, 0.4) is 0 Å². The molecular weight excluding hydrogens is 186 g/mol. The molecule has 0 saturated carbocycles. The molecule has 1 aliphatic rings. The van der Waals surface area contributed by atoms with Crippen LogP contribution in [0.2, 0.25) is 0 Å². The Bertz CT molecular complexity index is 169. The zero-order valence-electron chi connectivity index (χ0n) is 10.6. The molecule has 1 rings (SSSR count). The predicted molar refractivity (Wildman–Crippen MR) is 68.1 cm³/mol. The summed E-state index contributed by atoms with van der Waals surface area (Å²) in [6.07, 6.45) is 9.85. The lowest BCUT2D eigenvalue weighted by atomic mass is 10.1. The van der Waals surface area contributed by atoms with Gasteiger partial charge in [0, 0.05) is 19.5 Å². The minimum absolute atomic E-state index is 1.32. The Morgan fingerprint density at radius 3 is 2.07 bits per heavy atom. The first kappa shape index (κ1) is 14.2. The zero-order chi connectivity index (χ0) is 11.5. The molecule has 1 saturated heterocycles. The quantitative estimate of drug-likeness (QED) is 0.516. The van der Waals surface area contributed by atoms with Gasteiger partial charge in [-0.1, -0.05) is 12.5 Å². The van der Waals surface area contributed by atoms with Crippen molar-refractivity contribution in [3.63, 3.8) is 0 Å². The van der Waals surface area contributed by atoms with Crippen molar-refractivity contribution < 1.29 is 0 Å². The van der Waals surface area contributed by atoms with Gasteiger partial charge >= 0.3 is 0 Å². The number of hydrogen-bond acceptors (Lipinski definition) is 3. The van der Waals surface area contributed by atoms with Gasteiger partial charge in [-0.2, -0.15) is 5.10 Å². The largest absolute Gasteiger partial charge is 0.306 e. The third kappa shape index (κ3) is 9.47. The second-order valence-corrected chi connectivity index (χ2v) is 3.79. The fraction of sp³-hybridized carbons (Fsp3) is 0.750. The molecule has 3 heteroatoms. The van der Waals surface area contributed by atoms with E-state index in [0.29, 0.717) is 0 Å². The first-order chi connectivity index (χ1) is 7.20. The number of rotatable bonds is 2. The lowest BCUT2D eigenvalue weighted by Gasteiger charge is -2.20. The van der Waals surface area contributed by atoms with Crippen molar-refractivity contribution in [3.8, 4) is 0 Å². The molecule has 1 heterocycles. The van der Waals surface area contributed by atoms with E-state index in [9.17, 15) is 0 Å². The maximum Gasteiger partial charge on any atom is 0.0296 e. The maximum atomic E-state index is 3.94. The van der Waals surface area contributed by atoms with E-state index in [0.717, 1.165) is 0 Å². The van der Waals surface area contributed by atoms with Crippen LogP contribution in [0.4, 0.5) is 0 Å². The number of piperidine rings is 1. The van der Waals surface area contributed by atoms with Gasteiger partial charge in [-0.05, 0) is 46.8 Å². The van der Waals surface area contributed by atoms with Crippen molar-refractivity contribution in [2.24, 2.45) is 5.10 Å². The van der Waals surface area contributed by atoms with E-state index in [1.165, 1.54) is 32.4 Å². The van der Waals surface area contributed by atoms with Crippen LogP contribution in [0.1, 0.15) is 33.1 Å². The monoisotopic (exact) mass is 211 g/mol. The highest BCUT2D eigenvalue weighted by Gasteiger charge is 2.02. The number of hydrazone groups is 1. The third-order valence-electron chi connectivity index (χ3n) is 2.24. The SMILES string of the molecule is C/C=C\N(C)/N=C\C.CN1CCCCC1. The molecule has 88 valence electrons. The molecule has 3 nitrogen and oxygen atoms in total. The Labute approximate surface area is 94.4 Å². The zero-order valence-corrected chi connectivity index (χ0v) is 10.6. The van der Waals surface area contributed by atoms with Crippen LogP contribution in [-0.4, -0.2) is 43.3 Å². The molecule has 0 amide bonds. The van der Waals surface area contributed by atoms with Crippen molar-refractivity contribution in [1.29, 1.82) is 0 Å². The molecule has 0 radical (unpaired) electrons. The molecule has 0 atom stereocenters. The molecule has 0 aromatic heterocycles. The smallest absolute Gasteiger partial charge is 0.0296 e. The summed E-state index contributed by atoms with van der Waals surface area (Å²) >= 11 is 0. The summed E-state index contributed by atoms with van der Waals surface area (Å²) in [4.78, 5) is 2.39. The van der Waals surface area contributed by atoms with Crippen molar-refractivity contribution in [2.75, 3.05) is 27.2 Å². The van der Waals surface area contributed by atoms with Crippen LogP contribution in [0.25, 0.3) is 0 Å². The minimum Gasteiger partial charge on any atom is -0.306 e. The fourth-order valence-electron chi connectivity index (χ4n) is 1.49. The lowest BCUT2D eigenvalue weighted by Crippen LogP contribution is -2.24. The van der Waals surface area contributed by atoms with E-state index in [-0.39, 0.29) is 0 Å². The number of likely N-dealkylation sites (tertiary alicyclic amines) is 1. The van der Waals surface area contributed by atoms with Crippen molar-refractivity contribution in [3.05, 3.63) is 12.3 Å². The molecule has 0 N–H and O–H groups in total. The van der Waals surface area contributed by atoms with Gasteiger partial charge in [-0.3, -0.25) is 5.01 Å². The highest BCUT2D eigenvalue weighted by Crippen LogP contribution is 2.04. The Hall–Kier alpha value is -0.830. The summed E-state index contributed by atoms with van der Waals surface area (Å²) in [5.74, 6) is 0. The number of allylic oxidation sites excluding steroid dienone is 1. The Morgan fingerprint density at radius 2 is 1.73 bits per heavy atom. The summed E-state index contributed by atoms with van der Waals surface area (Å²) in [5.41, 5.74) is 0. The first-order valence-electron chi connectivity index (χ1n) is 5.73. The van der Waals surface area contributed by atoms with Gasteiger partial charge in [0.15, 0.2) is 0 Å². The summed E-state index contributed by atoms with van der Waals surface area (Å²) < 4.78 is 0. The summed E-state index contributed by atoms with van der Waals surface area (Å²) in [7, 11) is 4.08. The van der Waals surface area contributed by atoms with E-state index in [1.807, 2.05) is 33.2 Å².